The third-order valence-corrected chi connectivity index (χ3v) is 6.01. The maximum Gasteiger partial charge on any atom is 0.223 e. The Morgan fingerprint density at radius 2 is 1.92 bits per heavy atom. The Labute approximate surface area is 155 Å². The van der Waals surface area contributed by atoms with Crippen molar-refractivity contribution in [3.05, 3.63) is 41.9 Å². The Balaban J connectivity index is 1.36. The predicted octanol–water partition coefficient (Wildman–Crippen LogP) is 4.76. The number of carbonyl (C=O) groups excluding carboxylic acids is 1. The number of carbonyl (C=O) groups is 1. The third kappa shape index (κ3) is 3.69. The number of nitrogens with zero attached hydrogens (tertiary/aromatic N) is 2. The summed E-state index contributed by atoms with van der Waals surface area (Å²) in [5.41, 5.74) is 2.25. The zero-order valence-electron chi connectivity index (χ0n) is 15.6. The van der Waals surface area contributed by atoms with Crippen LogP contribution in [-0.2, 0) is 11.2 Å². The molecule has 0 N–H and O–H groups in total. The van der Waals surface area contributed by atoms with Crippen LogP contribution in [0.1, 0.15) is 56.4 Å². The van der Waals surface area contributed by atoms with Crippen molar-refractivity contribution in [1.29, 1.82) is 0 Å². The Hall–Kier alpha value is -2.10. The Morgan fingerprint density at radius 1 is 1.15 bits per heavy atom. The number of fused-ring (bicyclic) bond motifs is 1. The highest BCUT2D eigenvalue weighted by atomic mass is 16.4. The number of oxazole rings is 1. The molecule has 2 unspecified atom stereocenters. The van der Waals surface area contributed by atoms with E-state index in [0.717, 1.165) is 30.2 Å². The smallest absolute Gasteiger partial charge is 0.223 e. The first-order valence-electron chi connectivity index (χ1n) is 10.0. The number of aryl methyl sites for hydroxylation is 2. The van der Waals surface area contributed by atoms with Gasteiger partial charge in [0.25, 0.3) is 0 Å². The second kappa shape index (κ2) is 7.65. The van der Waals surface area contributed by atoms with Crippen LogP contribution in [0.3, 0.4) is 0 Å². The summed E-state index contributed by atoms with van der Waals surface area (Å²) in [6, 6.07) is 8.71. The van der Waals surface area contributed by atoms with Crippen molar-refractivity contribution in [3.63, 3.8) is 0 Å². The first kappa shape index (κ1) is 17.3. The van der Waals surface area contributed by atoms with E-state index in [2.05, 4.69) is 28.9 Å². The van der Waals surface area contributed by atoms with Crippen LogP contribution in [0.4, 0.5) is 0 Å². The summed E-state index contributed by atoms with van der Waals surface area (Å²) >= 11 is 0. The molecule has 1 aromatic carbocycles. The maximum absolute atomic E-state index is 12.8. The average molecular weight is 352 g/mol. The maximum atomic E-state index is 12.8. The van der Waals surface area contributed by atoms with Crippen LogP contribution in [0.5, 0.6) is 0 Å². The number of rotatable bonds is 4. The molecular formula is C22H28N2O2. The van der Waals surface area contributed by atoms with Crippen molar-refractivity contribution in [2.45, 2.75) is 64.3 Å². The number of hydrogen-bond acceptors (Lipinski definition) is 3. The molecule has 1 saturated heterocycles. The van der Waals surface area contributed by atoms with Gasteiger partial charge in [-0.1, -0.05) is 42.7 Å². The Morgan fingerprint density at radius 3 is 2.77 bits per heavy atom. The van der Waals surface area contributed by atoms with Gasteiger partial charge in [-0.25, -0.2) is 4.98 Å². The first-order valence-corrected chi connectivity index (χ1v) is 10.0. The number of amides is 1. The minimum absolute atomic E-state index is 0.275. The zero-order valence-corrected chi connectivity index (χ0v) is 15.6. The molecule has 1 amide bonds. The predicted molar refractivity (Wildman–Crippen MR) is 102 cm³/mol. The van der Waals surface area contributed by atoms with E-state index in [9.17, 15) is 4.79 Å². The van der Waals surface area contributed by atoms with E-state index in [0.29, 0.717) is 24.8 Å². The van der Waals surface area contributed by atoms with Crippen LogP contribution < -0.4 is 0 Å². The number of piperidine rings is 1. The van der Waals surface area contributed by atoms with Crippen molar-refractivity contribution in [2.24, 2.45) is 5.92 Å². The molecule has 26 heavy (non-hydrogen) atoms. The van der Waals surface area contributed by atoms with Crippen LogP contribution in [0.25, 0.3) is 11.3 Å². The summed E-state index contributed by atoms with van der Waals surface area (Å²) < 4.78 is 5.87. The minimum atomic E-state index is 0.275. The highest BCUT2D eigenvalue weighted by Crippen LogP contribution is 2.35. The Kier molecular flexibility index (Phi) is 5.09. The molecule has 4 nitrogen and oxygen atoms in total. The van der Waals surface area contributed by atoms with Gasteiger partial charge in [0.1, 0.15) is 0 Å². The molecule has 2 fully saturated rings. The molecule has 4 heteroatoms. The van der Waals surface area contributed by atoms with E-state index >= 15 is 0 Å². The second-order valence-electron chi connectivity index (χ2n) is 7.83. The SMILES string of the molecule is Cc1ccc(-c2cnc(CCC(=O)N3CCCC4CCCCC43)o2)cc1. The molecular weight excluding hydrogens is 324 g/mol. The lowest BCUT2D eigenvalue weighted by atomic mass is 9.78. The van der Waals surface area contributed by atoms with E-state index in [1.54, 1.807) is 6.20 Å². The number of benzene rings is 1. The fraction of sp³-hybridized carbons (Fsp3) is 0.545. The average Bonchev–Trinajstić information content (AvgIpc) is 3.15. The largest absolute Gasteiger partial charge is 0.441 e. The lowest BCUT2D eigenvalue weighted by molar-refractivity contribution is -0.137. The van der Waals surface area contributed by atoms with Gasteiger partial charge in [0, 0.05) is 31.0 Å². The molecule has 2 aromatic rings. The molecule has 0 radical (unpaired) electrons. The summed E-state index contributed by atoms with van der Waals surface area (Å²) in [4.78, 5) is 19.3. The summed E-state index contributed by atoms with van der Waals surface area (Å²) in [5, 5.41) is 0. The van der Waals surface area contributed by atoms with Crippen molar-refractivity contribution in [2.75, 3.05) is 6.54 Å². The van der Waals surface area contributed by atoms with E-state index in [4.69, 9.17) is 4.42 Å². The summed E-state index contributed by atoms with van der Waals surface area (Å²) in [5.74, 6) is 2.44. The van der Waals surface area contributed by atoms with Gasteiger partial charge in [-0.2, -0.15) is 0 Å². The zero-order chi connectivity index (χ0) is 17.9. The quantitative estimate of drug-likeness (QED) is 0.797. The van der Waals surface area contributed by atoms with Crippen LogP contribution in [0, 0.1) is 12.8 Å². The van der Waals surface area contributed by atoms with Crippen molar-refractivity contribution < 1.29 is 9.21 Å². The molecule has 1 aliphatic carbocycles. The monoisotopic (exact) mass is 352 g/mol. The highest BCUT2D eigenvalue weighted by Gasteiger charge is 2.35. The minimum Gasteiger partial charge on any atom is -0.441 e. The standard InChI is InChI=1S/C22H28N2O2/c1-16-8-10-18(11-9-16)20-15-23-21(26-20)12-13-22(25)24-14-4-6-17-5-2-3-7-19(17)24/h8-11,15,17,19H,2-7,12-14H2,1H3. The molecule has 4 rings (SSSR count). The summed E-state index contributed by atoms with van der Waals surface area (Å²) in [6.07, 6.45) is 10.4. The highest BCUT2D eigenvalue weighted by molar-refractivity contribution is 5.77. The molecule has 138 valence electrons. The Bertz CT molecular complexity index is 748. The lowest BCUT2D eigenvalue weighted by Crippen LogP contribution is -2.49. The molecule has 2 heterocycles. The van der Waals surface area contributed by atoms with Gasteiger partial charge in [-0.3, -0.25) is 4.79 Å². The summed E-state index contributed by atoms with van der Waals surface area (Å²) in [6.45, 7) is 3.00. The molecule has 0 bridgehead atoms. The first-order chi connectivity index (χ1) is 12.7. The topological polar surface area (TPSA) is 46.3 Å². The number of aromatic nitrogens is 1. The fourth-order valence-electron chi connectivity index (χ4n) is 4.57. The number of hydrogen-bond donors (Lipinski definition) is 0. The normalized spacial score (nSPS) is 22.9. The molecule has 1 saturated carbocycles. The fourth-order valence-corrected chi connectivity index (χ4v) is 4.57. The van der Waals surface area contributed by atoms with E-state index in [1.165, 1.54) is 37.7 Å². The molecule has 2 aliphatic rings. The molecule has 1 aliphatic heterocycles. The van der Waals surface area contributed by atoms with Gasteiger partial charge in [0.15, 0.2) is 11.7 Å². The van der Waals surface area contributed by atoms with Crippen LogP contribution in [-0.4, -0.2) is 28.4 Å². The van der Waals surface area contributed by atoms with Crippen molar-refractivity contribution >= 4 is 5.91 Å². The molecule has 2 atom stereocenters. The van der Waals surface area contributed by atoms with Crippen molar-refractivity contribution in [1.82, 2.24) is 9.88 Å². The van der Waals surface area contributed by atoms with Crippen molar-refractivity contribution in [3.8, 4) is 11.3 Å². The molecule has 0 spiro atoms. The van der Waals surface area contributed by atoms with Gasteiger partial charge in [-0.15, -0.1) is 0 Å². The van der Waals surface area contributed by atoms with Gasteiger partial charge in [0.2, 0.25) is 5.91 Å². The van der Waals surface area contributed by atoms with E-state index in [1.807, 2.05) is 12.1 Å². The molecule has 1 aromatic heterocycles. The van der Waals surface area contributed by atoms with Gasteiger partial charge in [-0.05, 0) is 38.5 Å². The van der Waals surface area contributed by atoms with Gasteiger partial charge in [0.05, 0.1) is 6.20 Å². The van der Waals surface area contributed by atoms with Crippen LogP contribution >= 0.6 is 0 Å². The van der Waals surface area contributed by atoms with Gasteiger partial charge >= 0.3 is 0 Å². The van der Waals surface area contributed by atoms with Crippen LogP contribution in [0.2, 0.25) is 0 Å². The van der Waals surface area contributed by atoms with E-state index in [-0.39, 0.29) is 5.91 Å². The second-order valence-corrected chi connectivity index (χ2v) is 7.83. The lowest BCUT2D eigenvalue weighted by Gasteiger charge is -2.44. The third-order valence-electron chi connectivity index (χ3n) is 6.01. The van der Waals surface area contributed by atoms with Gasteiger partial charge < -0.3 is 9.32 Å². The van der Waals surface area contributed by atoms with Crippen LogP contribution in [0.15, 0.2) is 34.9 Å². The number of likely N-dealkylation sites (tertiary alicyclic amines) is 1. The summed E-state index contributed by atoms with van der Waals surface area (Å²) in [7, 11) is 0. The van der Waals surface area contributed by atoms with E-state index < -0.39 is 0 Å².